The average molecular weight is 265 g/mol. The van der Waals surface area contributed by atoms with Gasteiger partial charge in [-0.05, 0) is 48.5 Å². The predicted octanol–water partition coefficient (Wildman–Crippen LogP) is 2.87. The molecule has 0 spiro atoms. The Balaban J connectivity index is 1.98. The average Bonchev–Trinajstić information content (AvgIpc) is 2.51. The van der Waals surface area contributed by atoms with Crippen LogP contribution in [-0.4, -0.2) is 26.2 Å². The van der Waals surface area contributed by atoms with E-state index in [0.717, 1.165) is 44.0 Å². The Labute approximate surface area is 114 Å². The molecule has 0 atom stereocenters. The van der Waals surface area contributed by atoms with Crippen molar-refractivity contribution in [2.45, 2.75) is 26.7 Å². The van der Waals surface area contributed by atoms with Crippen molar-refractivity contribution in [1.29, 1.82) is 0 Å². The second-order valence-corrected chi connectivity index (χ2v) is 6.71. The van der Waals surface area contributed by atoms with E-state index in [1.165, 1.54) is 16.8 Å². The smallest absolute Gasteiger partial charge is 0.0642 e. The van der Waals surface area contributed by atoms with Crippen molar-refractivity contribution in [3.05, 3.63) is 28.3 Å². The number of nitrogens with one attached hydrogen (secondary N) is 1. The fraction of sp³-hybridized carbons (Fsp3) is 0.600. The number of anilines is 1. The molecule has 1 aromatic carbocycles. The molecule has 1 fully saturated rings. The molecule has 0 aliphatic carbocycles. The lowest BCUT2D eigenvalue weighted by Gasteiger charge is -2.48. The first-order valence-corrected chi connectivity index (χ1v) is 7.21. The Morgan fingerprint density at radius 2 is 1.89 bits per heavy atom. The van der Waals surface area contributed by atoms with Gasteiger partial charge in [-0.3, -0.25) is 0 Å². The molecule has 0 bridgehead atoms. The minimum absolute atomic E-state index is 0.440. The molecule has 98 valence electrons. The molecule has 18 heavy (non-hydrogen) atoms. The highest BCUT2D eigenvalue weighted by Crippen LogP contribution is 2.41. The Morgan fingerprint density at radius 3 is 2.61 bits per heavy atom. The van der Waals surface area contributed by atoms with Crippen molar-refractivity contribution in [2.75, 3.05) is 31.1 Å². The van der Waals surface area contributed by atoms with Gasteiger partial charge in [0.05, 0.1) is 10.7 Å². The number of nitrogens with zero attached hydrogens (tertiary/aromatic N) is 1. The van der Waals surface area contributed by atoms with Gasteiger partial charge < -0.3 is 10.2 Å². The summed E-state index contributed by atoms with van der Waals surface area (Å²) < 4.78 is 0. The van der Waals surface area contributed by atoms with Crippen LogP contribution in [0, 0.1) is 5.41 Å². The summed E-state index contributed by atoms with van der Waals surface area (Å²) in [5.41, 5.74) is 4.69. The third-order valence-electron chi connectivity index (χ3n) is 4.01. The largest absolute Gasteiger partial charge is 0.369 e. The lowest BCUT2D eigenvalue weighted by Crippen LogP contribution is -2.53. The van der Waals surface area contributed by atoms with E-state index in [0.29, 0.717) is 5.41 Å². The molecule has 1 N–H and O–H groups in total. The van der Waals surface area contributed by atoms with Crippen molar-refractivity contribution in [3.63, 3.8) is 0 Å². The van der Waals surface area contributed by atoms with E-state index in [-0.39, 0.29) is 0 Å². The monoisotopic (exact) mass is 264 g/mol. The van der Waals surface area contributed by atoms with E-state index in [1.54, 1.807) is 0 Å². The van der Waals surface area contributed by atoms with Crippen LogP contribution < -0.4 is 10.2 Å². The van der Waals surface area contributed by atoms with Gasteiger partial charge in [0.2, 0.25) is 0 Å². The molecule has 0 aromatic heterocycles. The van der Waals surface area contributed by atoms with Gasteiger partial charge >= 0.3 is 0 Å². The minimum atomic E-state index is 0.440. The summed E-state index contributed by atoms with van der Waals surface area (Å²) in [6, 6.07) is 4.28. The lowest BCUT2D eigenvalue weighted by atomic mass is 9.83. The number of hydrogen-bond acceptors (Lipinski definition) is 2. The van der Waals surface area contributed by atoms with Gasteiger partial charge in [0, 0.05) is 13.1 Å². The number of fused-ring (bicyclic) bond motifs is 1. The topological polar surface area (TPSA) is 15.3 Å². The van der Waals surface area contributed by atoms with Gasteiger partial charge in [0.25, 0.3) is 0 Å². The number of benzene rings is 1. The first-order chi connectivity index (χ1) is 8.57. The molecule has 2 heterocycles. The minimum Gasteiger partial charge on any atom is -0.369 e. The molecule has 0 amide bonds. The van der Waals surface area contributed by atoms with Gasteiger partial charge in [0.1, 0.15) is 0 Å². The van der Waals surface area contributed by atoms with Crippen LogP contribution in [0.3, 0.4) is 0 Å². The van der Waals surface area contributed by atoms with E-state index in [2.05, 4.69) is 36.2 Å². The van der Waals surface area contributed by atoms with Crippen LogP contribution in [0.5, 0.6) is 0 Å². The SMILES string of the molecule is CC1(C)CN(c2c(Cl)ccc3c2CCNCC3)C1. The molecular formula is C15H21ClN2. The van der Waals surface area contributed by atoms with E-state index in [9.17, 15) is 0 Å². The number of halogens is 1. The quantitative estimate of drug-likeness (QED) is 0.839. The fourth-order valence-corrected chi connectivity index (χ4v) is 3.51. The van der Waals surface area contributed by atoms with Crippen LogP contribution >= 0.6 is 11.6 Å². The zero-order valence-corrected chi connectivity index (χ0v) is 12.0. The highest BCUT2D eigenvalue weighted by atomic mass is 35.5. The maximum Gasteiger partial charge on any atom is 0.0642 e. The van der Waals surface area contributed by atoms with Crippen molar-refractivity contribution >= 4 is 17.3 Å². The maximum absolute atomic E-state index is 6.45. The fourth-order valence-electron chi connectivity index (χ4n) is 3.21. The van der Waals surface area contributed by atoms with Crippen molar-refractivity contribution in [1.82, 2.24) is 5.32 Å². The van der Waals surface area contributed by atoms with Crippen molar-refractivity contribution in [2.24, 2.45) is 5.41 Å². The summed E-state index contributed by atoms with van der Waals surface area (Å²) in [7, 11) is 0. The van der Waals surface area contributed by atoms with Gasteiger partial charge in [-0.15, -0.1) is 0 Å². The zero-order chi connectivity index (χ0) is 12.8. The molecule has 0 saturated carbocycles. The standard InChI is InChI=1S/C15H21ClN2/c1-15(2)9-18(10-15)14-12-6-8-17-7-5-11(12)3-4-13(14)16/h3-4,17H,5-10H2,1-2H3. The first kappa shape index (κ1) is 12.3. The Bertz CT molecular complexity index is 460. The summed E-state index contributed by atoms with van der Waals surface area (Å²) in [5, 5.41) is 4.39. The normalized spacial score (nSPS) is 22.1. The molecule has 3 heteroatoms. The highest BCUT2D eigenvalue weighted by Gasteiger charge is 2.36. The lowest BCUT2D eigenvalue weighted by molar-refractivity contribution is 0.276. The molecule has 2 nitrogen and oxygen atoms in total. The molecule has 1 saturated heterocycles. The van der Waals surface area contributed by atoms with Crippen LogP contribution in [-0.2, 0) is 12.8 Å². The van der Waals surface area contributed by atoms with Crippen LogP contribution in [0.15, 0.2) is 12.1 Å². The van der Waals surface area contributed by atoms with Gasteiger partial charge in [-0.2, -0.15) is 0 Å². The summed E-state index contributed by atoms with van der Waals surface area (Å²) in [6.45, 7) is 9.03. The van der Waals surface area contributed by atoms with E-state index in [1.807, 2.05) is 0 Å². The zero-order valence-electron chi connectivity index (χ0n) is 11.2. The first-order valence-electron chi connectivity index (χ1n) is 6.83. The van der Waals surface area contributed by atoms with Crippen LogP contribution in [0.4, 0.5) is 5.69 Å². The molecule has 3 rings (SSSR count). The highest BCUT2D eigenvalue weighted by molar-refractivity contribution is 6.33. The van der Waals surface area contributed by atoms with Gasteiger partial charge in [0.15, 0.2) is 0 Å². The third-order valence-corrected chi connectivity index (χ3v) is 4.31. The van der Waals surface area contributed by atoms with Crippen LogP contribution in [0.25, 0.3) is 0 Å². The Kier molecular flexibility index (Phi) is 3.03. The summed E-state index contributed by atoms with van der Waals surface area (Å²) >= 11 is 6.45. The van der Waals surface area contributed by atoms with Crippen molar-refractivity contribution < 1.29 is 0 Å². The molecule has 2 aliphatic heterocycles. The molecule has 0 radical (unpaired) electrons. The van der Waals surface area contributed by atoms with Crippen LogP contribution in [0.1, 0.15) is 25.0 Å². The van der Waals surface area contributed by atoms with E-state index >= 15 is 0 Å². The molecule has 2 aliphatic rings. The molecule has 0 unspecified atom stereocenters. The van der Waals surface area contributed by atoms with E-state index in [4.69, 9.17) is 11.6 Å². The second kappa shape index (κ2) is 4.43. The summed E-state index contributed by atoms with van der Waals surface area (Å²) in [6.07, 6.45) is 2.22. The van der Waals surface area contributed by atoms with Crippen molar-refractivity contribution in [3.8, 4) is 0 Å². The van der Waals surface area contributed by atoms with E-state index < -0.39 is 0 Å². The number of hydrogen-bond donors (Lipinski definition) is 1. The number of rotatable bonds is 1. The Hall–Kier alpha value is -0.730. The summed E-state index contributed by atoms with van der Waals surface area (Å²) in [4.78, 5) is 2.45. The van der Waals surface area contributed by atoms with Crippen LogP contribution in [0.2, 0.25) is 5.02 Å². The second-order valence-electron chi connectivity index (χ2n) is 6.30. The predicted molar refractivity (Wildman–Crippen MR) is 77.7 cm³/mol. The Morgan fingerprint density at radius 1 is 1.17 bits per heavy atom. The summed E-state index contributed by atoms with van der Waals surface area (Å²) in [5.74, 6) is 0. The van der Waals surface area contributed by atoms with Gasteiger partial charge in [-0.1, -0.05) is 31.5 Å². The maximum atomic E-state index is 6.45. The molecule has 1 aromatic rings. The molecular weight excluding hydrogens is 244 g/mol. The van der Waals surface area contributed by atoms with Gasteiger partial charge in [-0.25, -0.2) is 0 Å². The third kappa shape index (κ3) is 2.12.